The third-order valence-corrected chi connectivity index (χ3v) is 7.42. The number of hydrogen-bond acceptors (Lipinski definition) is 3. The molecule has 0 spiro atoms. The van der Waals surface area contributed by atoms with Crippen molar-refractivity contribution in [2.45, 2.75) is 13.5 Å². The van der Waals surface area contributed by atoms with Crippen LogP contribution in [0.1, 0.15) is 31.8 Å². The van der Waals surface area contributed by atoms with E-state index in [-0.39, 0.29) is 16.8 Å². The Labute approximate surface area is 238 Å². The monoisotopic (exact) mass is 543 g/mol. The molecule has 5 nitrogen and oxygen atoms in total. The van der Waals surface area contributed by atoms with Gasteiger partial charge in [-0.2, -0.15) is 0 Å². The third-order valence-electron chi connectivity index (χ3n) is 7.10. The Morgan fingerprint density at radius 2 is 1.45 bits per heavy atom. The minimum atomic E-state index is -0.248. The number of fused-ring (bicyclic) bond motifs is 2. The van der Waals surface area contributed by atoms with Gasteiger partial charge < -0.3 is 15.5 Å². The lowest BCUT2D eigenvalue weighted by atomic mass is 9.99. The Morgan fingerprint density at radius 1 is 0.775 bits per heavy atom. The lowest BCUT2D eigenvalue weighted by molar-refractivity contribution is 0.0984. The first-order chi connectivity index (χ1) is 19.5. The summed E-state index contributed by atoms with van der Waals surface area (Å²) in [5.74, 6) is -0.465. The number of benzene rings is 5. The van der Waals surface area contributed by atoms with E-state index in [9.17, 15) is 9.59 Å². The molecular formula is C34H26ClN3O2. The van der Waals surface area contributed by atoms with Crippen molar-refractivity contribution >= 4 is 46.2 Å². The summed E-state index contributed by atoms with van der Waals surface area (Å²) in [5, 5.41) is 6.73. The van der Waals surface area contributed by atoms with E-state index in [2.05, 4.69) is 10.6 Å². The van der Waals surface area contributed by atoms with Crippen molar-refractivity contribution in [1.82, 2.24) is 0 Å². The average Bonchev–Trinajstić information content (AvgIpc) is 3.16. The highest BCUT2D eigenvalue weighted by Crippen LogP contribution is 2.37. The Balaban J connectivity index is 1.31. The lowest BCUT2D eigenvalue weighted by Gasteiger charge is -2.24. The molecule has 0 saturated carbocycles. The molecule has 0 aliphatic carbocycles. The SMILES string of the molecule is Cc1cc(C(=O)N2Cc3ccccc3Nc3ccccc32)c(Cl)cc1NC(=O)c1ccccc1-c1ccccc1. The van der Waals surface area contributed by atoms with Crippen LogP contribution in [0.15, 0.2) is 115 Å². The molecule has 2 N–H and O–H groups in total. The second kappa shape index (κ2) is 10.7. The minimum absolute atomic E-state index is 0.216. The van der Waals surface area contributed by atoms with E-state index in [0.29, 0.717) is 23.4 Å². The van der Waals surface area contributed by atoms with Crippen molar-refractivity contribution < 1.29 is 9.59 Å². The number of aryl methyl sites for hydroxylation is 1. The van der Waals surface area contributed by atoms with Gasteiger partial charge in [-0.25, -0.2) is 0 Å². The van der Waals surface area contributed by atoms with Gasteiger partial charge in [0.05, 0.1) is 28.5 Å². The van der Waals surface area contributed by atoms with Crippen LogP contribution in [0.3, 0.4) is 0 Å². The molecule has 2 amide bonds. The molecule has 5 aromatic carbocycles. The quantitative estimate of drug-likeness (QED) is 0.239. The van der Waals surface area contributed by atoms with Gasteiger partial charge in [0, 0.05) is 16.9 Å². The summed E-state index contributed by atoms with van der Waals surface area (Å²) in [6, 6.07) is 36.3. The normalized spacial score (nSPS) is 12.0. The highest BCUT2D eigenvalue weighted by Gasteiger charge is 2.27. The van der Waals surface area contributed by atoms with Gasteiger partial charge in [0.2, 0.25) is 0 Å². The topological polar surface area (TPSA) is 61.4 Å². The number of nitrogens with one attached hydrogen (secondary N) is 2. The summed E-state index contributed by atoms with van der Waals surface area (Å²) in [4.78, 5) is 29.1. The third kappa shape index (κ3) is 4.83. The first kappa shape index (κ1) is 25.4. The van der Waals surface area contributed by atoms with Crippen molar-refractivity contribution in [2.24, 2.45) is 0 Å². The Kier molecular flexibility index (Phi) is 6.81. The van der Waals surface area contributed by atoms with E-state index in [0.717, 1.165) is 39.3 Å². The fourth-order valence-corrected chi connectivity index (χ4v) is 5.29. The maximum absolute atomic E-state index is 14.0. The smallest absolute Gasteiger partial charge is 0.260 e. The predicted molar refractivity (Wildman–Crippen MR) is 163 cm³/mol. The van der Waals surface area contributed by atoms with Gasteiger partial charge in [-0.3, -0.25) is 9.59 Å². The van der Waals surface area contributed by atoms with Crippen LogP contribution in [0.5, 0.6) is 0 Å². The first-order valence-electron chi connectivity index (χ1n) is 13.0. The number of anilines is 4. The maximum Gasteiger partial charge on any atom is 0.260 e. The number of nitrogens with zero attached hydrogens (tertiary/aromatic N) is 1. The molecule has 0 bridgehead atoms. The second-order valence-corrected chi connectivity index (χ2v) is 10.1. The van der Waals surface area contributed by atoms with Crippen LogP contribution >= 0.6 is 11.6 Å². The van der Waals surface area contributed by atoms with Crippen LogP contribution in [0.25, 0.3) is 11.1 Å². The largest absolute Gasteiger partial charge is 0.354 e. The van der Waals surface area contributed by atoms with Gasteiger partial charge in [0.25, 0.3) is 11.8 Å². The van der Waals surface area contributed by atoms with Crippen molar-refractivity contribution in [3.63, 3.8) is 0 Å². The Hall–Kier alpha value is -4.87. The molecule has 6 heteroatoms. The van der Waals surface area contributed by atoms with E-state index < -0.39 is 0 Å². The van der Waals surface area contributed by atoms with Gasteiger partial charge in [-0.15, -0.1) is 0 Å². The summed E-state index contributed by atoms with van der Waals surface area (Å²) in [6.07, 6.45) is 0. The number of carbonyl (C=O) groups excluding carboxylic acids is 2. The molecule has 5 aromatic rings. The van der Waals surface area contributed by atoms with E-state index in [1.807, 2.05) is 104 Å². The molecular weight excluding hydrogens is 518 g/mol. The molecule has 6 rings (SSSR count). The van der Waals surface area contributed by atoms with Gasteiger partial charge in [0.1, 0.15) is 0 Å². The van der Waals surface area contributed by atoms with Gasteiger partial charge in [-0.1, -0.05) is 90.5 Å². The first-order valence-corrected chi connectivity index (χ1v) is 13.4. The zero-order valence-electron chi connectivity index (χ0n) is 21.8. The highest BCUT2D eigenvalue weighted by molar-refractivity contribution is 6.35. The Morgan fingerprint density at radius 3 is 2.27 bits per heavy atom. The molecule has 0 fully saturated rings. The standard InChI is InChI=1S/C34H26ClN3O2/c1-22-19-27(34(40)38-21-24-13-5-8-16-29(24)36-30-17-9-10-18-32(30)38)28(35)20-31(22)37-33(39)26-15-7-6-14-25(26)23-11-3-2-4-12-23/h2-20,36H,21H2,1H3,(H,37,39). The molecule has 1 aliphatic heterocycles. The molecule has 196 valence electrons. The molecule has 1 aliphatic rings. The van der Waals surface area contributed by atoms with Crippen LogP contribution in [0.4, 0.5) is 22.7 Å². The Bertz CT molecular complexity index is 1750. The van der Waals surface area contributed by atoms with Crippen molar-refractivity contribution in [3.05, 3.63) is 143 Å². The van der Waals surface area contributed by atoms with E-state index in [1.165, 1.54) is 0 Å². The second-order valence-electron chi connectivity index (χ2n) is 9.70. The number of hydrogen-bond donors (Lipinski definition) is 2. The van der Waals surface area contributed by atoms with E-state index in [1.54, 1.807) is 23.1 Å². The fraction of sp³-hybridized carbons (Fsp3) is 0.0588. The molecule has 0 unspecified atom stereocenters. The molecule has 0 radical (unpaired) electrons. The van der Waals surface area contributed by atoms with Crippen LogP contribution in [0.2, 0.25) is 5.02 Å². The summed E-state index contributed by atoms with van der Waals surface area (Å²) in [5.41, 5.74) is 7.58. The van der Waals surface area contributed by atoms with Crippen LogP contribution < -0.4 is 15.5 Å². The summed E-state index contributed by atoms with van der Waals surface area (Å²) >= 11 is 6.73. The van der Waals surface area contributed by atoms with Gasteiger partial charge in [0.15, 0.2) is 0 Å². The number of carbonyl (C=O) groups is 2. The van der Waals surface area contributed by atoms with Gasteiger partial charge >= 0.3 is 0 Å². The maximum atomic E-state index is 14.0. The summed E-state index contributed by atoms with van der Waals surface area (Å²) in [7, 11) is 0. The number of halogens is 1. The van der Waals surface area contributed by atoms with Crippen LogP contribution in [0, 0.1) is 6.92 Å². The molecule has 0 saturated heterocycles. The van der Waals surface area contributed by atoms with Crippen LogP contribution in [-0.2, 0) is 6.54 Å². The van der Waals surface area contributed by atoms with E-state index >= 15 is 0 Å². The van der Waals surface area contributed by atoms with Crippen molar-refractivity contribution in [2.75, 3.05) is 15.5 Å². The number of rotatable bonds is 4. The number of amides is 2. The molecule has 0 aromatic heterocycles. The highest BCUT2D eigenvalue weighted by atomic mass is 35.5. The lowest BCUT2D eigenvalue weighted by Crippen LogP contribution is -2.30. The predicted octanol–water partition coefficient (Wildman–Crippen LogP) is 8.47. The van der Waals surface area contributed by atoms with E-state index in [4.69, 9.17) is 11.6 Å². The van der Waals surface area contributed by atoms with Crippen LogP contribution in [-0.4, -0.2) is 11.8 Å². The summed E-state index contributed by atoms with van der Waals surface area (Å²) < 4.78 is 0. The van der Waals surface area contributed by atoms with Crippen molar-refractivity contribution in [3.8, 4) is 11.1 Å². The van der Waals surface area contributed by atoms with Crippen molar-refractivity contribution in [1.29, 1.82) is 0 Å². The zero-order chi connectivity index (χ0) is 27.6. The minimum Gasteiger partial charge on any atom is -0.354 e. The fourth-order valence-electron chi connectivity index (χ4n) is 5.04. The molecule has 1 heterocycles. The molecule has 0 atom stereocenters. The summed E-state index contributed by atoms with van der Waals surface area (Å²) in [6.45, 7) is 2.25. The number of para-hydroxylation sites is 3. The molecule has 40 heavy (non-hydrogen) atoms. The van der Waals surface area contributed by atoms with Gasteiger partial charge in [-0.05, 0) is 65.6 Å². The zero-order valence-corrected chi connectivity index (χ0v) is 22.6. The average molecular weight is 544 g/mol.